The number of rotatable bonds is 9. The third-order valence-electron chi connectivity index (χ3n) is 8.41. The summed E-state index contributed by atoms with van der Waals surface area (Å²) in [7, 11) is -1.99. The van der Waals surface area contributed by atoms with Crippen LogP contribution in [0.4, 0.5) is 5.69 Å². The first-order chi connectivity index (χ1) is 21.3. The molecule has 12 heteroatoms. The number of nitro benzene ring substituents is 1. The maximum absolute atomic E-state index is 13.8. The Hall–Kier alpha value is -4.94. The zero-order valence-corrected chi connectivity index (χ0v) is 26.2. The van der Waals surface area contributed by atoms with Gasteiger partial charge in [0.05, 0.1) is 28.6 Å². The molecule has 0 saturated carbocycles. The van der Waals surface area contributed by atoms with Gasteiger partial charge >= 0.3 is 5.97 Å². The van der Waals surface area contributed by atoms with E-state index >= 15 is 0 Å². The summed E-state index contributed by atoms with van der Waals surface area (Å²) in [5.41, 5.74) is 9.11. The van der Waals surface area contributed by atoms with Crippen LogP contribution in [0.15, 0.2) is 66.4 Å². The fourth-order valence-electron chi connectivity index (χ4n) is 6.58. The number of benzene rings is 3. The lowest BCUT2D eigenvalue weighted by molar-refractivity contribution is -0.384. The lowest BCUT2D eigenvalue weighted by Gasteiger charge is -2.47. The molecule has 0 radical (unpaired) electrons. The van der Waals surface area contributed by atoms with Crippen molar-refractivity contribution in [1.29, 1.82) is 0 Å². The van der Waals surface area contributed by atoms with E-state index in [0.29, 0.717) is 39.8 Å². The normalized spacial score (nSPS) is 19.1. The first-order valence-electron chi connectivity index (χ1n) is 14.5. The third kappa shape index (κ3) is 5.15. The summed E-state index contributed by atoms with van der Waals surface area (Å²) in [4.78, 5) is 65.3. The van der Waals surface area contributed by atoms with Crippen LogP contribution in [0.25, 0.3) is 16.7 Å². The molecule has 0 aromatic heterocycles. The first-order valence-corrected chi connectivity index (χ1v) is 17.9. The number of fused-ring (bicyclic) bond motifs is 4. The Bertz CT molecular complexity index is 1840. The molecule has 0 unspecified atom stereocenters. The van der Waals surface area contributed by atoms with Gasteiger partial charge in [-0.3, -0.25) is 24.5 Å². The SMILES string of the molecule is C[C@@H](O[Si](C)(C)C)[C@H]1C(=O)N2C(C(=O)OCc3ccc([N+](=O)[O-])cc3)=C(c3cc(C(N)=O)c4c(c3)-c3ccccc3C4=O)C[C@H]12. The molecule has 1 aliphatic carbocycles. The van der Waals surface area contributed by atoms with E-state index in [2.05, 4.69) is 0 Å². The minimum absolute atomic E-state index is 0.0300. The first kappa shape index (κ1) is 30.1. The molecule has 45 heavy (non-hydrogen) atoms. The Labute approximate surface area is 259 Å². The molecule has 11 nitrogen and oxygen atoms in total. The van der Waals surface area contributed by atoms with Gasteiger partial charge < -0.3 is 19.8 Å². The number of ether oxygens (including phenoxy) is 1. The van der Waals surface area contributed by atoms with E-state index < -0.39 is 31.0 Å². The summed E-state index contributed by atoms with van der Waals surface area (Å²) < 4.78 is 11.9. The average Bonchev–Trinajstić information content (AvgIpc) is 3.47. The van der Waals surface area contributed by atoms with Crippen molar-refractivity contribution < 1.29 is 33.3 Å². The van der Waals surface area contributed by atoms with E-state index in [-0.39, 0.29) is 53.0 Å². The second kappa shape index (κ2) is 10.9. The molecular weight excluding hydrogens is 594 g/mol. The maximum atomic E-state index is 13.8. The van der Waals surface area contributed by atoms with Crippen molar-refractivity contribution in [3.8, 4) is 11.1 Å². The maximum Gasteiger partial charge on any atom is 0.355 e. The summed E-state index contributed by atoms with van der Waals surface area (Å²) >= 11 is 0. The van der Waals surface area contributed by atoms with Crippen LogP contribution >= 0.6 is 0 Å². The average molecular weight is 626 g/mol. The van der Waals surface area contributed by atoms with E-state index in [4.69, 9.17) is 14.9 Å². The molecule has 1 saturated heterocycles. The standard InChI is InChI=1S/C33H31N3O8Si/c1-17(44-45(2,3)4)27-26-15-23(19-13-24-21-7-5-6-8-22(21)30(37)28(24)25(14-19)31(34)38)29(35(26)32(27)39)33(40)43-16-18-9-11-20(12-10-18)36(41)42/h5-14,17,26-27H,15-16H2,1-4H3,(H2,34,38)/t17-,26-,27-/m1/s1. The fraction of sp³-hybridized carbons (Fsp3) is 0.273. The smallest absolute Gasteiger partial charge is 0.355 e. The van der Waals surface area contributed by atoms with E-state index in [0.717, 1.165) is 0 Å². The highest BCUT2D eigenvalue weighted by Gasteiger charge is 2.58. The van der Waals surface area contributed by atoms with E-state index in [9.17, 15) is 29.3 Å². The van der Waals surface area contributed by atoms with Crippen LogP contribution in [-0.4, -0.2) is 53.9 Å². The number of primary amides is 1. The predicted octanol–water partition coefficient (Wildman–Crippen LogP) is 4.83. The van der Waals surface area contributed by atoms with Crippen molar-refractivity contribution in [1.82, 2.24) is 4.90 Å². The lowest BCUT2D eigenvalue weighted by atomic mass is 9.82. The Morgan fingerprint density at radius 2 is 1.71 bits per heavy atom. The molecule has 1 fully saturated rings. The van der Waals surface area contributed by atoms with Gasteiger partial charge in [-0.2, -0.15) is 0 Å². The molecule has 2 amide bonds. The topological polar surface area (TPSA) is 159 Å². The number of amides is 2. The molecule has 3 atom stereocenters. The summed E-state index contributed by atoms with van der Waals surface area (Å²) in [5.74, 6) is -2.60. The van der Waals surface area contributed by atoms with Gasteiger partial charge in [0, 0.05) is 23.3 Å². The van der Waals surface area contributed by atoms with Crippen LogP contribution in [0, 0.1) is 16.0 Å². The van der Waals surface area contributed by atoms with Crippen LogP contribution in [0.1, 0.15) is 50.8 Å². The number of β-lactam (4-membered cyclic amide) rings is 1. The summed E-state index contributed by atoms with van der Waals surface area (Å²) in [6.45, 7) is 7.81. The zero-order chi connectivity index (χ0) is 32.4. The Morgan fingerprint density at radius 1 is 1.04 bits per heavy atom. The van der Waals surface area contributed by atoms with Crippen LogP contribution < -0.4 is 5.73 Å². The number of hydrogen-bond acceptors (Lipinski definition) is 8. The minimum Gasteiger partial charge on any atom is -0.456 e. The van der Waals surface area contributed by atoms with Gasteiger partial charge in [-0.15, -0.1) is 0 Å². The fourth-order valence-corrected chi connectivity index (χ4v) is 7.84. The lowest BCUT2D eigenvalue weighted by Crippen LogP contribution is -2.63. The van der Waals surface area contributed by atoms with E-state index in [1.165, 1.54) is 35.2 Å². The van der Waals surface area contributed by atoms with Crippen molar-refractivity contribution in [2.75, 3.05) is 0 Å². The van der Waals surface area contributed by atoms with Crippen molar-refractivity contribution >= 4 is 43.1 Å². The van der Waals surface area contributed by atoms with Gasteiger partial charge in [0.15, 0.2) is 14.1 Å². The molecule has 3 aromatic carbocycles. The molecule has 0 bridgehead atoms. The molecule has 3 aliphatic rings. The zero-order valence-electron chi connectivity index (χ0n) is 25.2. The van der Waals surface area contributed by atoms with Crippen LogP contribution in [0.5, 0.6) is 0 Å². The molecule has 2 N–H and O–H groups in total. The second-order valence-electron chi connectivity index (χ2n) is 12.5. The third-order valence-corrected chi connectivity index (χ3v) is 9.48. The summed E-state index contributed by atoms with van der Waals surface area (Å²) in [6, 6.07) is 15.5. The highest BCUT2D eigenvalue weighted by Crippen LogP contribution is 2.49. The molecule has 230 valence electrons. The number of non-ortho nitro benzene ring substituents is 1. The highest BCUT2D eigenvalue weighted by atomic mass is 28.4. The van der Waals surface area contributed by atoms with Crippen molar-refractivity contribution in [3.05, 3.63) is 104 Å². The molecule has 3 aromatic rings. The molecule has 2 heterocycles. The van der Waals surface area contributed by atoms with Gasteiger partial charge in [0.2, 0.25) is 11.8 Å². The van der Waals surface area contributed by atoms with Gasteiger partial charge in [-0.25, -0.2) is 4.79 Å². The number of ketones is 1. The van der Waals surface area contributed by atoms with Gasteiger partial charge in [-0.1, -0.05) is 24.3 Å². The van der Waals surface area contributed by atoms with Gasteiger partial charge in [-0.05, 0) is 85.1 Å². The predicted molar refractivity (Wildman–Crippen MR) is 166 cm³/mol. The Morgan fingerprint density at radius 3 is 2.33 bits per heavy atom. The molecule has 0 spiro atoms. The van der Waals surface area contributed by atoms with E-state index in [1.807, 2.05) is 26.6 Å². The number of nitrogens with two attached hydrogens (primary N) is 1. The minimum atomic E-state index is -1.99. The number of esters is 1. The molecule has 2 aliphatic heterocycles. The largest absolute Gasteiger partial charge is 0.456 e. The Kier molecular flexibility index (Phi) is 7.29. The quantitative estimate of drug-likeness (QED) is 0.0910. The number of carbonyl (C=O) groups is 4. The Balaban J connectivity index is 1.41. The number of nitrogens with zero attached hydrogens (tertiary/aromatic N) is 2. The van der Waals surface area contributed by atoms with Crippen molar-refractivity contribution in [3.63, 3.8) is 0 Å². The van der Waals surface area contributed by atoms with Crippen molar-refractivity contribution in [2.45, 2.75) is 51.7 Å². The molecule has 6 rings (SSSR count). The van der Waals surface area contributed by atoms with Crippen LogP contribution in [0.3, 0.4) is 0 Å². The summed E-state index contributed by atoms with van der Waals surface area (Å²) in [6.07, 6.45) is -0.0856. The highest BCUT2D eigenvalue weighted by molar-refractivity contribution is 6.69. The number of carbonyl (C=O) groups excluding carboxylic acids is 4. The number of hydrogen-bond donors (Lipinski definition) is 1. The van der Waals surface area contributed by atoms with Gasteiger partial charge in [0.1, 0.15) is 12.3 Å². The summed E-state index contributed by atoms with van der Waals surface area (Å²) in [5, 5.41) is 11.0. The second-order valence-corrected chi connectivity index (χ2v) is 16.9. The van der Waals surface area contributed by atoms with Crippen molar-refractivity contribution in [2.24, 2.45) is 11.7 Å². The number of nitro groups is 1. The van der Waals surface area contributed by atoms with Gasteiger partial charge in [0.25, 0.3) is 5.69 Å². The van der Waals surface area contributed by atoms with E-state index in [1.54, 1.807) is 30.3 Å². The molecular formula is C33H31N3O8Si. The van der Waals surface area contributed by atoms with Crippen LogP contribution in [0.2, 0.25) is 19.6 Å². The monoisotopic (exact) mass is 625 g/mol. The van der Waals surface area contributed by atoms with Crippen LogP contribution in [-0.2, 0) is 25.4 Å².